The van der Waals surface area contributed by atoms with Crippen LogP contribution >= 0.6 is 0 Å². The number of carbonyl (C=O) groups excluding carboxylic acids is 1. The Labute approximate surface area is 180 Å². The first kappa shape index (κ1) is 22.5. The molecule has 0 radical (unpaired) electrons. The predicted molar refractivity (Wildman–Crippen MR) is 122 cm³/mol. The molecule has 30 heavy (non-hydrogen) atoms. The number of nitrogens with zero attached hydrogens (tertiary/aromatic N) is 1. The van der Waals surface area contributed by atoms with E-state index in [1.54, 1.807) is 0 Å². The highest BCUT2D eigenvalue weighted by atomic mass is 32.2. The number of rotatable bonds is 7. The number of anilines is 1. The maximum absolute atomic E-state index is 12.6. The van der Waals surface area contributed by atoms with Crippen LogP contribution in [0.1, 0.15) is 62.8 Å². The van der Waals surface area contributed by atoms with Gasteiger partial charge in [0, 0.05) is 25.2 Å². The summed E-state index contributed by atoms with van der Waals surface area (Å²) in [6.07, 6.45) is 2.12. The summed E-state index contributed by atoms with van der Waals surface area (Å²) in [4.78, 5) is 14.0. The van der Waals surface area contributed by atoms with E-state index in [-0.39, 0.29) is 23.6 Å². The molecule has 1 N–H and O–H groups in total. The number of sulfonamides is 1. The molecule has 0 atom stereocenters. The summed E-state index contributed by atoms with van der Waals surface area (Å²) in [5, 5.41) is 0. The maximum atomic E-state index is 12.6. The Morgan fingerprint density at radius 1 is 1.00 bits per heavy atom. The monoisotopic (exact) mass is 428 g/mol. The topological polar surface area (TPSA) is 66.5 Å². The SMILES string of the molecule is CCCN1C(=O)CCc2cc(CNS(=O)(=O)Cc3ccc(C(C)(C)C)cc3)ccc21. The third kappa shape index (κ3) is 5.49. The second-order valence-electron chi connectivity index (χ2n) is 9.04. The number of aryl methyl sites for hydroxylation is 1. The molecule has 0 aromatic heterocycles. The molecule has 0 fully saturated rings. The van der Waals surface area contributed by atoms with Crippen molar-refractivity contribution in [2.24, 2.45) is 0 Å². The van der Waals surface area contributed by atoms with Gasteiger partial charge in [0.25, 0.3) is 0 Å². The van der Waals surface area contributed by atoms with Gasteiger partial charge >= 0.3 is 0 Å². The van der Waals surface area contributed by atoms with Gasteiger partial charge in [-0.15, -0.1) is 0 Å². The van der Waals surface area contributed by atoms with Crippen LogP contribution in [0.15, 0.2) is 42.5 Å². The quantitative estimate of drug-likeness (QED) is 0.715. The zero-order chi connectivity index (χ0) is 21.9. The van der Waals surface area contributed by atoms with Gasteiger partial charge in [-0.05, 0) is 46.6 Å². The Balaban J connectivity index is 1.65. The zero-order valence-corrected chi connectivity index (χ0v) is 19.2. The van der Waals surface area contributed by atoms with Crippen LogP contribution in [0, 0.1) is 0 Å². The fourth-order valence-corrected chi connectivity index (χ4v) is 4.88. The molecular formula is C24H32N2O3S. The minimum absolute atomic E-state index is 0.0405. The lowest BCUT2D eigenvalue weighted by molar-refractivity contribution is -0.118. The maximum Gasteiger partial charge on any atom is 0.227 e. The van der Waals surface area contributed by atoms with Crippen molar-refractivity contribution in [3.63, 3.8) is 0 Å². The van der Waals surface area contributed by atoms with Crippen LogP contribution in [-0.4, -0.2) is 20.9 Å². The van der Waals surface area contributed by atoms with Gasteiger partial charge in [-0.25, -0.2) is 13.1 Å². The third-order valence-electron chi connectivity index (χ3n) is 5.46. The van der Waals surface area contributed by atoms with Gasteiger partial charge in [-0.1, -0.05) is 64.1 Å². The van der Waals surface area contributed by atoms with E-state index in [4.69, 9.17) is 0 Å². The standard InChI is InChI=1S/C24H32N2O3S/c1-5-14-26-22-12-8-19(15-20(22)9-13-23(26)27)16-25-30(28,29)17-18-6-10-21(11-7-18)24(2,3)4/h6-8,10-12,15,25H,5,9,13-14,16-17H2,1-4H3. The number of benzene rings is 2. The molecule has 0 aliphatic carbocycles. The molecule has 2 aromatic rings. The molecule has 1 aliphatic heterocycles. The Morgan fingerprint density at radius 3 is 2.30 bits per heavy atom. The summed E-state index contributed by atoms with van der Waals surface area (Å²) in [5.41, 5.74) is 4.97. The smallest absolute Gasteiger partial charge is 0.227 e. The van der Waals surface area contributed by atoms with E-state index < -0.39 is 10.0 Å². The molecule has 162 valence electrons. The first-order valence-electron chi connectivity index (χ1n) is 10.6. The minimum Gasteiger partial charge on any atom is -0.312 e. The van der Waals surface area contributed by atoms with Crippen molar-refractivity contribution in [3.8, 4) is 0 Å². The van der Waals surface area contributed by atoms with E-state index in [2.05, 4.69) is 32.4 Å². The molecule has 1 aliphatic rings. The van der Waals surface area contributed by atoms with Gasteiger partial charge in [-0.2, -0.15) is 0 Å². The summed E-state index contributed by atoms with van der Waals surface area (Å²) in [5.74, 6) is 0.122. The summed E-state index contributed by atoms with van der Waals surface area (Å²) in [6.45, 7) is 9.42. The fraction of sp³-hybridized carbons (Fsp3) is 0.458. The highest BCUT2D eigenvalue weighted by Crippen LogP contribution is 2.29. The van der Waals surface area contributed by atoms with Crippen molar-refractivity contribution in [2.45, 2.75) is 64.7 Å². The number of fused-ring (bicyclic) bond motifs is 1. The largest absolute Gasteiger partial charge is 0.312 e. The van der Waals surface area contributed by atoms with Gasteiger partial charge in [-0.3, -0.25) is 4.79 Å². The van der Waals surface area contributed by atoms with E-state index in [0.29, 0.717) is 19.4 Å². The van der Waals surface area contributed by atoms with E-state index >= 15 is 0 Å². The molecule has 0 bridgehead atoms. The average molecular weight is 429 g/mol. The van der Waals surface area contributed by atoms with E-state index in [9.17, 15) is 13.2 Å². The molecule has 0 spiro atoms. The summed E-state index contributed by atoms with van der Waals surface area (Å²) < 4.78 is 27.8. The second kappa shape index (κ2) is 8.90. The van der Waals surface area contributed by atoms with E-state index in [1.807, 2.05) is 47.4 Å². The molecular weight excluding hydrogens is 396 g/mol. The number of nitrogens with one attached hydrogen (secondary N) is 1. The van der Waals surface area contributed by atoms with E-state index in [0.717, 1.165) is 28.8 Å². The lowest BCUT2D eigenvalue weighted by Gasteiger charge is -2.29. The van der Waals surface area contributed by atoms with Gasteiger partial charge in [0.2, 0.25) is 15.9 Å². The number of carbonyl (C=O) groups is 1. The lowest BCUT2D eigenvalue weighted by atomic mass is 9.87. The van der Waals surface area contributed by atoms with Crippen molar-refractivity contribution in [1.82, 2.24) is 4.72 Å². The van der Waals surface area contributed by atoms with Crippen molar-refractivity contribution in [2.75, 3.05) is 11.4 Å². The van der Waals surface area contributed by atoms with Crippen LogP contribution in [-0.2, 0) is 39.0 Å². The first-order valence-corrected chi connectivity index (χ1v) is 12.2. The average Bonchev–Trinajstić information content (AvgIpc) is 2.68. The molecule has 1 heterocycles. The van der Waals surface area contributed by atoms with E-state index in [1.165, 1.54) is 5.56 Å². The van der Waals surface area contributed by atoms with Crippen molar-refractivity contribution < 1.29 is 13.2 Å². The second-order valence-corrected chi connectivity index (χ2v) is 10.8. The van der Waals surface area contributed by atoms with Crippen molar-refractivity contribution >= 4 is 21.6 Å². The van der Waals surface area contributed by atoms with Crippen LogP contribution < -0.4 is 9.62 Å². The Kier molecular flexibility index (Phi) is 6.68. The summed E-state index contributed by atoms with van der Waals surface area (Å²) >= 11 is 0. The normalized spacial score (nSPS) is 14.7. The van der Waals surface area contributed by atoms with Crippen LogP contribution in [0.2, 0.25) is 0 Å². The molecule has 3 rings (SSSR count). The Bertz CT molecular complexity index is 1010. The van der Waals surface area contributed by atoms with Gasteiger partial charge in [0.15, 0.2) is 0 Å². The lowest BCUT2D eigenvalue weighted by Crippen LogP contribution is -2.35. The Morgan fingerprint density at radius 2 is 1.67 bits per heavy atom. The number of hydrogen-bond acceptors (Lipinski definition) is 3. The minimum atomic E-state index is -3.45. The highest BCUT2D eigenvalue weighted by molar-refractivity contribution is 7.88. The molecule has 0 saturated carbocycles. The van der Waals surface area contributed by atoms with Crippen LogP contribution in [0.25, 0.3) is 0 Å². The molecule has 2 aromatic carbocycles. The predicted octanol–water partition coefficient (Wildman–Crippen LogP) is 4.29. The third-order valence-corrected chi connectivity index (χ3v) is 6.76. The summed E-state index contributed by atoms with van der Waals surface area (Å²) in [7, 11) is -3.45. The molecule has 1 amide bonds. The number of hydrogen-bond donors (Lipinski definition) is 1. The van der Waals surface area contributed by atoms with Crippen LogP contribution in [0.4, 0.5) is 5.69 Å². The first-order chi connectivity index (χ1) is 14.1. The zero-order valence-electron chi connectivity index (χ0n) is 18.4. The fourth-order valence-electron chi connectivity index (χ4n) is 3.76. The highest BCUT2D eigenvalue weighted by Gasteiger charge is 2.23. The van der Waals surface area contributed by atoms with Gasteiger partial charge in [0.1, 0.15) is 0 Å². The van der Waals surface area contributed by atoms with Gasteiger partial charge < -0.3 is 4.90 Å². The van der Waals surface area contributed by atoms with Gasteiger partial charge in [0.05, 0.1) is 5.75 Å². The Hall–Kier alpha value is -2.18. The molecule has 0 unspecified atom stereocenters. The van der Waals surface area contributed by atoms with Crippen LogP contribution in [0.3, 0.4) is 0 Å². The number of amides is 1. The van der Waals surface area contributed by atoms with Crippen molar-refractivity contribution in [1.29, 1.82) is 0 Å². The van der Waals surface area contributed by atoms with Crippen LogP contribution in [0.5, 0.6) is 0 Å². The molecule has 5 nitrogen and oxygen atoms in total. The summed E-state index contributed by atoms with van der Waals surface area (Å²) in [6, 6.07) is 13.6. The molecule has 0 saturated heterocycles. The molecule has 6 heteroatoms. The van der Waals surface area contributed by atoms with Crippen molar-refractivity contribution in [3.05, 3.63) is 64.7 Å².